The summed E-state index contributed by atoms with van der Waals surface area (Å²) in [4.78, 5) is 0. The lowest BCUT2D eigenvalue weighted by molar-refractivity contribution is 0.173. The Labute approximate surface area is 91.3 Å². The van der Waals surface area contributed by atoms with E-state index in [1.807, 2.05) is 0 Å². The lowest BCUT2D eigenvalue weighted by Gasteiger charge is -2.10. The number of hydrogen-bond acceptors (Lipinski definition) is 2. The monoisotopic (exact) mass is 204 g/mol. The molecule has 0 bridgehead atoms. The number of epoxide rings is 1. The molecular weight excluding hydrogens is 188 g/mol. The smallest absolute Gasteiger partial charge is 0.155 e. The van der Waals surface area contributed by atoms with Crippen molar-refractivity contribution in [3.63, 3.8) is 0 Å². The minimum Gasteiger partial charge on any atom is -0.368 e. The molecule has 2 nitrogen and oxygen atoms in total. The summed E-state index contributed by atoms with van der Waals surface area (Å²) < 4.78 is 10.9. The maximum atomic E-state index is 5.63. The summed E-state index contributed by atoms with van der Waals surface area (Å²) in [7, 11) is 0. The third kappa shape index (κ3) is 2.53. The van der Waals surface area contributed by atoms with Gasteiger partial charge in [-0.3, -0.25) is 0 Å². The maximum Gasteiger partial charge on any atom is 0.155 e. The van der Waals surface area contributed by atoms with Gasteiger partial charge in [-0.1, -0.05) is 18.3 Å². The van der Waals surface area contributed by atoms with Gasteiger partial charge in [-0.15, -0.1) is 12.3 Å². The SMILES string of the molecule is C#CCCOCC#CC12CCCCC1O2. The topological polar surface area (TPSA) is 21.8 Å². The Bertz CT molecular complexity index is 318. The zero-order valence-electron chi connectivity index (χ0n) is 8.92. The summed E-state index contributed by atoms with van der Waals surface area (Å²) in [5.74, 6) is 8.76. The summed E-state index contributed by atoms with van der Waals surface area (Å²) in [6.45, 7) is 1.07. The normalized spacial score (nSPS) is 32.1. The van der Waals surface area contributed by atoms with Crippen molar-refractivity contribution < 1.29 is 9.47 Å². The van der Waals surface area contributed by atoms with Gasteiger partial charge in [-0.05, 0) is 19.3 Å². The molecule has 2 atom stereocenters. The zero-order valence-corrected chi connectivity index (χ0v) is 8.92. The van der Waals surface area contributed by atoms with E-state index in [9.17, 15) is 0 Å². The Balaban J connectivity index is 1.69. The molecule has 1 heterocycles. The van der Waals surface area contributed by atoms with Gasteiger partial charge in [0.1, 0.15) is 6.61 Å². The van der Waals surface area contributed by atoms with Gasteiger partial charge in [0.2, 0.25) is 0 Å². The standard InChI is InChI=1S/C13H16O2/c1-2-3-10-14-11-6-9-13-8-5-4-7-12(13)15-13/h1,12H,3-5,7-8,10-11H2. The highest BCUT2D eigenvalue weighted by molar-refractivity contribution is 5.26. The third-order valence-corrected chi connectivity index (χ3v) is 2.94. The fourth-order valence-corrected chi connectivity index (χ4v) is 2.06. The predicted molar refractivity (Wildman–Crippen MR) is 58.1 cm³/mol. The molecule has 0 amide bonds. The lowest BCUT2D eigenvalue weighted by atomic mass is 9.90. The van der Waals surface area contributed by atoms with Crippen LogP contribution >= 0.6 is 0 Å². The molecule has 2 fully saturated rings. The van der Waals surface area contributed by atoms with Crippen molar-refractivity contribution in [2.75, 3.05) is 13.2 Å². The number of ether oxygens (including phenoxy) is 2. The van der Waals surface area contributed by atoms with E-state index in [2.05, 4.69) is 17.8 Å². The largest absolute Gasteiger partial charge is 0.368 e. The average Bonchev–Trinajstić information content (AvgIpc) is 2.98. The van der Waals surface area contributed by atoms with E-state index in [-0.39, 0.29) is 5.60 Å². The summed E-state index contributed by atoms with van der Waals surface area (Å²) in [6, 6.07) is 0. The zero-order chi connectivity index (χ0) is 10.6. The Kier molecular flexibility index (Phi) is 3.31. The molecule has 0 aromatic carbocycles. The van der Waals surface area contributed by atoms with Gasteiger partial charge >= 0.3 is 0 Å². The Hall–Kier alpha value is -0.960. The molecule has 2 unspecified atom stereocenters. The van der Waals surface area contributed by atoms with E-state index >= 15 is 0 Å². The van der Waals surface area contributed by atoms with E-state index in [1.54, 1.807) is 0 Å². The van der Waals surface area contributed by atoms with Crippen molar-refractivity contribution >= 4 is 0 Å². The molecule has 0 N–H and O–H groups in total. The molecule has 0 aromatic heterocycles. The van der Waals surface area contributed by atoms with E-state index in [0.717, 1.165) is 6.42 Å². The van der Waals surface area contributed by atoms with Crippen molar-refractivity contribution in [1.29, 1.82) is 0 Å². The summed E-state index contributed by atoms with van der Waals surface area (Å²) in [5, 5.41) is 0. The van der Waals surface area contributed by atoms with Crippen LogP contribution in [0.25, 0.3) is 0 Å². The first-order valence-electron chi connectivity index (χ1n) is 5.56. The molecule has 2 rings (SSSR count). The molecule has 2 aliphatic rings. The Morgan fingerprint density at radius 1 is 1.47 bits per heavy atom. The molecular formula is C13H16O2. The fraction of sp³-hybridized carbons (Fsp3) is 0.692. The van der Waals surface area contributed by atoms with Crippen molar-refractivity contribution in [2.24, 2.45) is 0 Å². The van der Waals surface area contributed by atoms with Gasteiger partial charge in [0, 0.05) is 6.42 Å². The van der Waals surface area contributed by atoms with E-state index < -0.39 is 0 Å². The van der Waals surface area contributed by atoms with Crippen LogP contribution in [0.15, 0.2) is 0 Å². The molecule has 2 heteroatoms. The van der Waals surface area contributed by atoms with Crippen molar-refractivity contribution in [1.82, 2.24) is 0 Å². The quantitative estimate of drug-likeness (QED) is 0.397. The van der Waals surface area contributed by atoms with E-state index in [0.29, 0.717) is 25.7 Å². The molecule has 1 saturated carbocycles. The van der Waals surface area contributed by atoms with Crippen LogP contribution in [0.2, 0.25) is 0 Å². The number of rotatable bonds is 3. The van der Waals surface area contributed by atoms with Crippen LogP contribution in [-0.4, -0.2) is 24.9 Å². The van der Waals surface area contributed by atoms with Crippen LogP contribution in [0.3, 0.4) is 0 Å². The molecule has 1 aliphatic carbocycles. The first kappa shape index (κ1) is 10.6. The van der Waals surface area contributed by atoms with E-state index in [1.165, 1.54) is 19.3 Å². The minimum atomic E-state index is -0.0896. The summed E-state index contributed by atoms with van der Waals surface area (Å²) in [5.41, 5.74) is -0.0896. The van der Waals surface area contributed by atoms with Crippen LogP contribution in [0.5, 0.6) is 0 Å². The van der Waals surface area contributed by atoms with E-state index in [4.69, 9.17) is 15.9 Å². The highest BCUT2D eigenvalue weighted by atomic mass is 16.6. The second kappa shape index (κ2) is 4.71. The highest BCUT2D eigenvalue weighted by Gasteiger charge is 2.56. The van der Waals surface area contributed by atoms with Crippen LogP contribution < -0.4 is 0 Å². The van der Waals surface area contributed by atoms with Crippen LogP contribution in [0.1, 0.15) is 32.1 Å². The molecule has 1 aliphatic heterocycles. The first-order chi connectivity index (χ1) is 7.37. The van der Waals surface area contributed by atoms with Gasteiger partial charge in [0.05, 0.1) is 12.7 Å². The van der Waals surface area contributed by atoms with Crippen molar-refractivity contribution in [2.45, 2.75) is 43.8 Å². The summed E-state index contributed by atoms with van der Waals surface area (Å²) in [6.07, 6.45) is 11.0. The maximum absolute atomic E-state index is 5.63. The van der Waals surface area contributed by atoms with Gasteiger partial charge < -0.3 is 9.47 Å². The van der Waals surface area contributed by atoms with Gasteiger partial charge in [-0.2, -0.15) is 0 Å². The minimum absolute atomic E-state index is 0.0896. The van der Waals surface area contributed by atoms with Gasteiger partial charge in [-0.25, -0.2) is 0 Å². The van der Waals surface area contributed by atoms with Crippen molar-refractivity contribution in [3.8, 4) is 24.2 Å². The van der Waals surface area contributed by atoms with Gasteiger partial charge in [0.15, 0.2) is 5.60 Å². The highest BCUT2D eigenvalue weighted by Crippen LogP contribution is 2.47. The Morgan fingerprint density at radius 3 is 3.20 bits per heavy atom. The second-order valence-corrected chi connectivity index (χ2v) is 4.05. The number of hydrogen-bond donors (Lipinski definition) is 0. The number of fused-ring (bicyclic) bond motifs is 1. The van der Waals surface area contributed by atoms with Crippen LogP contribution in [0.4, 0.5) is 0 Å². The first-order valence-corrected chi connectivity index (χ1v) is 5.56. The summed E-state index contributed by atoms with van der Waals surface area (Å²) >= 11 is 0. The van der Waals surface area contributed by atoms with Crippen molar-refractivity contribution in [3.05, 3.63) is 0 Å². The molecule has 0 aromatic rings. The lowest BCUT2D eigenvalue weighted by Crippen LogP contribution is -2.16. The van der Waals surface area contributed by atoms with Crippen LogP contribution in [-0.2, 0) is 9.47 Å². The molecule has 0 radical (unpaired) electrons. The molecule has 80 valence electrons. The molecule has 0 spiro atoms. The molecule has 15 heavy (non-hydrogen) atoms. The second-order valence-electron chi connectivity index (χ2n) is 4.05. The molecule has 1 saturated heterocycles. The Morgan fingerprint density at radius 2 is 2.40 bits per heavy atom. The van der Waals surface area contributed by atoms with Crippen LogP contribution in [0, 0.1) is 24.2 Å². The number of terminal acetylenes is 1. The average molecular weight is 204 g/mol. The van der Waals surface area contributed by atoms with Gasteiger partial charge in [0.25, 0.3) is 0 Å². The predicted octanol–water partition coefficient (Wildman–Crippen LogP) is 1.74. The third-order valence-electron chi connectivity index (χ3n) is 2.94. The fourth-order valence-electron chi connectivity index (χ4n) is 2.06.